The first-order valence-electron chi connectivity index (χ1n) is 5.93. The summed E-state index contributed by atoms with van der Waals surface area (Å²) in [5.74, 6) is -1.34. The number of H-pyrrole nitrogens is 1. The number of aromatic amines is 1. The van der Waals surface area contributed by atoms with Gasteiger partial charge >= 0.3 is 5.97 Å². The lowest BCUT2D eigenvalue weighted by atomic mass is 10.1. The second kappa shape index (κ2) is 4.67. The average molecular weight is 303 g/mol. The minimum Gasteiger partial charge on any atom is -0.478 e. The molecule has 0 aliphatic carbocycles. The molecule has 0 aliphatic rings. The summed E-state index contributed by atoms with van der Waals surface area (Å²) < 4.78 is 0.606. The smallest absolute Gasteiger partial charge is 0.335 e. The number of carboxylic acids is 1. The first-order chi connectivity index (χ1) is 9.95. The van der Waals surface area contributed by atoms with E-state index in [0.29, 0.717) is 20.7 Å². The van der Waals surface area contributed by atoms with Crippen LogP contribution < -0.4 is 10.9 Å². The van der Waals surface area contributed by atoms with Crippen LogP contribution >= 0.6 is 11.3 Å². The zero-order chi connectivity index (χ0) is 15.1. The summed E-state index contributed by atoms with van der Waals surface area (Å²) in [6.07, 6.45) is 0. The fourth-order valence-corrected chi connectivity index (χ4v) is 3.07. The number of carbonyl (C=O) groups is 2. The van der Waals surface area contributed by atoms with Gasteiger partial charge in [0, 0.05) is 12.3 Å². The maximum atomic E-state index is 12.0. The zero-order valence-electron chi connectivity index (χ0n) is 10.8. The molecule has 3 aromatic rings. The Labute approximate surface area is 121 Å². The zero-order valence-corrected chi connectivity index (χ0v) is 11.6. The van der Waals surface area contributed by atoms with E-state index in [2.05, 4.69) is 15.3 Å². The first-order valence-corrected chi connectivity index (χ1v) is 6.75. The molecule has 8 heteroatoms. The van der Waals surface area contributed by atoms with E-state index < -0.39 is 11.5 Å². The van der Waals surface area contributed by atoms with Gasteiger partial charge in [0.15, 0.2) is 5.13 Å². The Morgan fingerprint density at radius 2 is 2.14 bits per heavy atom. The number of nitrogens with zero attached hydrogens (tertiary/aromatic N) is 1. The molecule has 0 aliphatic heterocycles. The Hall–Kier alpha value is -2.74. The lowest BCUT2D eigenvalue weighted by molar-refractivity contribution is -0.114. The third-order valence-electron chi connectivity index (χ3n) is 2.88. The van der Waals surface area contributed by atoms with E-state index in [-0.39, 0.29) is 17.0 Å². The van der Waals surface area contributed by atoms with Gasteiger partial charge in [0.25, 0.3) is 5.56 Å². The number of amides is 1. The first kappa shape index (κ1) is 13.3. The second-order valence-electron chi connectivity index (χ2n) is 4.40. The molecule has 3 N–H and O–H groups in total. The lowest BCUT2D eigenvalue weighted by Crippen LogP contribution is -2.08. The molecule has 1 aromatic carbocycles. The number of carboxylic acid groups (broad SMARTS) is 1. The number of benzene rings is 1. The fourth-order valence-electron chi connectivity index (χ4n) is 2.02. The van der Waals surface area contributed by atoms with Crippen molar-refractivity contribution >= 4 is 49.5 Å². The number of fused-ring (bicyclic) bond motifs is 3. The molecule has 0 fully saturated rings. The van der Waals surface area contributed by atoms with Crippen molar-refractivity contribution in [2.24, 2.45) is 0 Å². The van der Waals surface area contributed by atoms with Crippen LogP contribution in [0.5, 0.6) is 0 Å². The quantitative estimate of drug-likeness (QED) is 0.668. The summed E-state index contributed by atoms with van der Waals surface area (Å²) in [6.45, 7) is 1.35. The van der Waals surface area contributed by atoms with Crippen LogP contribution in [0, 0.1) is 0 Å². The van der Waals surface area contributed by atoms with Crippen LogP contribution in [0.1, 0.15) is 17.3 Å². The standard InChI is InChI=1S/C13H9N3O4S/c1-5(17)14-13-16-9-10(21-13)7-3-2-6(12(19)20)4-8(7)15-11(9)18/h2-4H,1H3,(H,15,18)(H,19,20)(H,14,16,17). The number of thiazole rings is 1. The van der Waals surface area contributed by atoms with Crippen molar-refractivity contribution < 1.29 is 14.7 Å². The number of carbonyl (C=O) groups excluding carboxylic acids is 1. The predicted molar refractivity (Wildman–Crippen MR) is 79.0 cm³/mol. The van der Waals surface area contributed by atoms with E-state index in [0.717, 1.165) is 0 Å². The molecule has 0 bridgehead atoms. The van der Waals surface area contributed by atoms with Gasteiger partial charge in [-0.05, 0) is 12.1 Å². The van der Waals surface area contributed by atoms with Gasteiger partial charge in [0.2, 0.25) is 5.91 Å². The van der Waals surface area contributed by atoms with E-state index in [9.17, 15) is 14.4 Å². The molecule has 106 valence electrons. The molecular formula is C13H9N3O4S. The highest BCUT2D eigenvalue weighted by molar-refractivity contribution is 7.23. The Morgan fingerprint density at radius 3 is 2.81 bits per heavy atom. The summed E-state index contributed by atoms with van der Waals surface area (Å²) >= 11 is 1.17. The highest BCUT2D eigenvalue weighted by Crippen LogP contribution is 2.30. The molecule has 1 amide bonds. The number of hydrogen-bond acceptors (Lipinski definition) is 5. The molecule has 0 atom stereocenters. The summed E-state index contributed by atoms with van der Waals surface area (Å²) in [5.41, 5.74) is 0.307. The van der Waals surface area contributed by atoms with Crippen molar-refractivity contribution in [2.45, 2.75) is 6.92 Å². The molecule has 2 aromatic heterocycles. The Bertz CT molecular complexity index is 957. The van der Waals surface area contributed by atoms with Crippen molar-refractivity contribution in [3.05, 3.63) is 34.1 Å². The predicted octanol–water partition coefficient (Wildman–Crippen LogP) is 1.79. The van der Waals surface area contributed by atoms with Gasteiger partial charge in [-0.3, -0.25) is 9.59 Å². The monoisotopic (exact) mass is 303 g/mol. The van der Waals surface area contributed by atoms with Gasteiger partial charge in [0.05, 0.1) is 15.8 Å². The van der Waals surface area contributed by atoms with Gasteiger partial charge in [-0.1, -0.05) is 17.4 Å². The average Bonchev–Trinajstić information content (AvgIpc) is 2.81. The number of nitrogens with one attached hydrogen (secondary N) is 2. The highest BCUT2D eigenvalue weighted by atomic mass is 32.1. The number of rotatable bonds is 2. The third-order valence-corrected chi connectivity index (χ3v) is 3.89. The summed E-state index contributed by atoms with van der Waals surface area (Å²) in [5, 5.41) is 12.5. The molecule has 7 nitrogen and oxygen atoms in total. The summed E-state index contributed by atoms with van der Waals surface area (Å²) in [4.78, 5) is 40.7. The molecular weight excluding hydrogens is 294 g/mol. The molecule has 2 heterocycles. The van der Waals surface area contributed by atoms with Crippen LogP contribution in [-0.4, -0.2) is 27.0 Å². The maximum absolute atomic E-state index is 12.0. The number of hydrogen-bond donors (Lipinski definition) is 3. The number of pyridine rings is 1. The maximum Gasteiger partial charge on any atom is 0.335 e. The molecule has 0 saturated heterocycles. The second-order valence-corrected chi connectivity index (χ2v) is 5.40. The van der Waals surface area contributed by atoms with Crippen LogP contribution in [0.25, 0.3) is 21.1 Å². The van der Waals surface area contributed by atoms with Crippen LogP contribution in [0.4, 0.5) is 5.13 Å². The third kappa shape index (κ3) is 2.25. The van der Waals surface area contributed by atoms with Crippen LogP contribution in [0.2, 0.25) is 0 Å². The minimum atomic E-state index is -1.07. The summed E-state index contributed by atoms with van der Waals surface area (Å²) in [7, 11) is 0. The van der Waals surface area contributed by atoms with Crippen molar-refractivity contribution in [3.63, 3.8) is 0 Å². The van der Waals surface area contributed by atoms with E-state index in [1.165, 1.54) is 30.4 Å². The van der Waals surface area contributed by atoms with Crippen molar-refractivity contribution in [2.75, 3.05) is 5.32 Å². The van der Waals surface area contributed by atoms with E-state index in [1.54, 1.807) is 6.07 Å². The van der Waals surface area contributed by atoms with E-state index >= 15 is 0 Å². The van der Waals surface area contributed by atoms with Gasteiger partial charge in [-0.15, -0.1) is 0 Å². The van der Waals surface area contributed by atoms with Crippen LogP contribution in [0.3, 0.4) is 0 Å². The number of aromatic nitrogens is 2. The van der Waals surface area contributed by atoms with Crippen molar-refractivity contribution in [1.29, 1.82) is 0 Å². The molecule has 0 unspecified atom stereocenters. The molecule has 0 radical (unpaired) electrons. The SMILES string of the molecule is CC(=O)Nc1nc2c(=O)[nH]c3cc(C(=O)O)ccc3c2s1. The lowest BCUT2D eigenvalue weighted by Gasteiger charge is -2.00. The Kier molecular flexibility index (Phi) is 2.95. The Balaban J connectivity index is 2.32. The van der Waals surface area contributed by atoms with Gasteiger partial charge in [-0.2, -0.15) is 0 Å². The molecule has 3 rings (SSSR count). The largest absolute Gasteiger partial charge is 0.478 e. The van der Waals surface area contributed by atoms with E-state index in [4.69, 9.17) is 5.11 Å². The molecule has 21 heavy (non-hydrogen) atoms. The van der Waals surface area contributed by atoms with Gasteiger partial charge in [0.1, 0.15) is 5.52 Å². The van der Waals surface area contributed by atoms with Crippen molar-refractivity contribution in [1.82, 2.24) is 9.97 Å². The van der Waals surface area contributed by atoms with Crippen molar-refractivity contribution in [3.8, 4) is 0 Å². The highest BCUT2D eigenvalue weighted by Gasteiger charge is 2.13. The molecule has 0 spiro atoms. The normalized spacial score (nSPS) is 10.9. The molecule has 0 saturated carbocycles. The van der Waals surface area contributed by atoms with Crippen LogP contribution in [0.15, 0.2) is 23.0 Å². The fraction of sp³-hybridized carbons (Fsp3) is 0.0769. The summed E-state index contributed by atoms with van der Waals surface area (Å²) in [6, 6.07) is 4.48. The number of aromatic carboxylic acids is 1. The minimum absolute atomic E-state index is 0.0871. The van der Waals surface area contributed by atoms with Crippen LogP contribution in [-0.2, 0) is 4.79 Å². The topological polar surface area (TPSA) is 112 Å². The van der Waals surface area contributed by atoms with E-state index in [1.807, 2.05) is 0 Å². The Morgan fingerprint density at radius 1 is 1.38 bits per heavy atom. The number of anilines is 1. The van der Waals surface area contributed by atoms with Gasteiger partial charge < -0.3 is 15.4 Å². The van der Waals surface area contributed by atoms with Gasteiger partial charge in [-0.25, -0.2) is 9.78 Å².